The van der Waals surface area contributed by atoms with E-state index in [2.05, 4.69) is 11.6 Å². The Morgan fingerprint density at radius 2 is 2.38 bits per heavy atom. The number of ether oxygens (including phenoxy) is 1. The van der Waals surface area contributed by atoms with Crippen molar-refractivity contribution in [2.45, 2.75) is 6.92 Å². The monoisotopic (exact) mass is 173 g/mol. The number of rotatable bonds is 1. The number of aliphatic imine (C=N–C) groups is 1. The molecule has 0 radical (unpaired) electrons. The van der Waals surface area contributed by atoms with E-state index < -0.39 is 0 Å². The maximum atomic E-state index is 5.50. The lowest BCUT2D eigenvalue weighted by atomic mass is 10.2. The van der Waals surface area contributed by atoms with E-state index in [4.69, 9.17) is 4.74 Å². The Morgan fingerprint density at radius 1 is 1.54 bits per heavy atom. The van der Waals surface area contributed by atoms with Crippen LogP contribution in [0.15, 0.2) is 29.8 Å². The third-order valence-electron chi connectivity index (χ3n) is 1.97. The molecule has 1 aliphatic rings. The highest BCUT2D eigenvalue weighted by atomic mass is 16.5. The summed E-state index contributed by atoms with van der Waals surface area (Å²) < 4.78 is 5.50. The molecule has 0 fully saturated rings. The van der Waals surface area contributed by atoms with E-state index >= 15 is 0 Å². The first-order valence-electron chi connectivity index (χ1n) is 4.23. The fourth-order valence-corrected chi connectivity index (χ4v) is 1.29. The van der Waals surface area contributed by atoms with Crippen LogP contribution < -0.4 is 4.74 Å². The fourth-order valence-electron chi connectivity index (χ4n) is 1.29. The summed E-state index contributed by atoms with van der Waals surface area (Å²) in [6.07, 6.45) is 1.80. The van der Waals surface area contributed by atoms with Gasteiger partial charge in [-0.25, -0.2) is 0 Å². The Kier molecular flexibility index (Phi) is 1.89. The number of fused-ring (bicyclic) bond motifs is 1. The summed E-state index contributed by atoms with van der Waals surface area (Å²) in [4.78, 5) is 4.38. The molecule has 2 heteroatoms. The molecule has 0 atom stereocenters. The van der Waals surface area contributed by atoms with E-state index in [0.29, 0.717) is 6.61 Å². The maximum absolute atomic E-state index is 5.50. The van der Waals surface area contributed by atoms with E-state index in [1.54, 1.807) is 6.08 Å². The molecule has 0 saturated heterocycles. The Labute approximate surface area is 77.6 Å². The molecule has 0 aromatic heterocycles. The second-order valence-electron chi connectivity index (χ2n) is 3.07. The van der Waals surface area contributed by atoms with Crippen molar-refractivity contribution in [1.29, 1.82) is 0 Å². The SMILES string of the molecule is C=Cc1ccc2c(c1)OCC(C)=N2. The molecule has 1 heterocycles. The highest BCUT2D eigenvalue weighted by molar-refractivity contribution is 5.88. The summed E-state index contributed by atoms with van der Waals surface area (Å²) in [6.45, 7) is 6.26. The fraction of sp³-hybridized carbons (Fsp3) is 0.182. The Hall–Kier alpha value is -1.57. The van der Waals surface area contributed by atoms with E-state index in [0.717, 1.165) is 22.7 Å². The summed E-state index contributed by atoms with van der Waals surface area (Å²) in [5.41, 5.74) is 2.99. The number of hydrogen-bond acceptors (Lipinski definition) is 2. The molecule has 0 saturated carbocycles. The predicted octanol–water partition coefficient (Wildman–Crippen LogP) is 2.81. The minimum absolute atomic E-state index is 0.591. The van der Waals surface area contributed by atoms with Crippen molar-refractivity contribution < 1.29 is 4.74 Å². The second-order valence-corrected chi connectivity index (χ2v) is 3.07. The second kappa shape index (κ2) is 3.05. The summed E-state index contributed by atoms with van der Waals surface area (Å²) in [5.74, 6) is 0.850. The largest absolute Gasteiger partial charge is 0.485 e. The van der Waals surface area contributed by atoms with Gasteiger partial charge in [0, 0.05) is 0 Å². The normalized spacial score (nSPS) is 14.1. The lowest BCUT2D eigenvalue weighted by molar-refractivity contribution is 0.371. The Bertz CT molecular complexity index is 380. The molecule has 0 unspecified atom stereocenters. The minimum atomic E-state index is 0.591. The average molecular weight is 173 g/mol. The lowest BCUT2D eigenvalue weighted by Crippen LogP contribution is -2.11. The van der Waals surface area contributed by atoms with Gasteiger partial charge in [0.2, 0.25) is 0 Å². The molecule has 66 valence electrons. The number of hydrogen-bond donors (Lipinski definition) is 0. The van der Waals surface area contributed by atoms with Crippen molar-refractivity contribution in [1.82, 2.24) is 0 Å². The van der Waals surface area contributed by atoms with E-state index in [9.17, 15) is 0 Å². The van der Waals surface area contributed by atoms with Crippen LogP contribution in [0.5, 0.6) is 5.75 Å². The first-order valence-corrected chi connectivity index (χ1v) is 4.23. The standard InChI is InChI=1S/C11H11NO/c1-3-9-4-5-10-11(6-9)13-7-8(2)12-10/h3-6H,1,7H2,2H3. The summed E-state index contributed by atoms with van der Waals surface area (Å²) in [7, 11) is 0. The number of nitrogens with zero attached hydrogens (tertiary/aromatic N) is 1. The first-order chi connectivity index (χ1) is 6.29. The molecule has 2 rings (SSSR count). The highest BCUT2D eigenvalue weighted by Gasteiger charge is 2.09. The molecule has 2 nitrogen and oxygen atoms in total. The van der Waals surface area contributed by atoms with Gasteiger partial charge >= 0.3 is 0 Å². The van der Waals surface area contributed by atoms with Gasteiger partial charge in [-0.3, -0.25) is 4.99 Å². The average Bonchev–Trinajstić information content (AvgIpc) is 2.17. The predicted molar refractivity (Wildman–Crippen MR) is 54.8 cm³/mol. The summed E-state index contributed by atoms with van der Waals surface area (Å²) in [5, 5.41) is 0. The van der Waals surface area contributed by atoms with Crippen LogP contribution in [0, 0.1) is 0 Å². The van der Waals surface area contributed by atoms with Gasteiger partial charge in [0.15, 0.2) is 0 Å². The zero-order chi connectivity index (χ0) is 9.26. The molecule has 0 amide bonds. The van der Waals surface area contributed by atoms with Crippen molar-refractivity contribution in [3.8, 4) is 5.75 Å². The Morgan fingerprint density at radius 3 is 3.15 bits per heavy atom. The van der Waals surface area contributed by atoms with Gasteiger partial charge in [0.05, 0.1) is 5.71 Å². The van der Waals surface area contributed by atoms with Crippen LogP contribution in [0.2, 0.25) is 0 Å². The zero-order valence-corrected chi connectivity index (χ0v) is 7.58. The molecule has 1 aromatic carbocycles. The van der Waals surface area contributed by atoms with Crippen molar-refractivity contribution in [2.75, 3.05) is 6.61 Å². The molecule has 13 heavy (non-hydrogen) atoms. The zero-order valence-electron chi connectivity index (χ0n) is 7.58. The van der Waals surface area contributed by atoms with Gasteiger partial charge in [0.25, 0.3) is 0 Å². The van der Waals surface area contributed by atoms with Crippen LogP contribution in [0.3, 0.4) is 0 Å². The molecule has 0 spiro atoms. The first kappa shape index (κ1) is 8.05. The smallest absolute Gasteiger partial charge is 0.146 e. The van der Waals surface area contributed by atoms with Gasteiger partial charge in [-0.1, -0.05) is 18.7 Å². The van der Waals surface area contributed by atoms with Crippen LogP contribution in [-0.4, -0.2) is 12.3 Å². The van der Waals surface area contributed by atoms with Crippen molar-refractivity contribution in [2.24, 2.45) is 4.99 Å². The van der Waals surface area contributed by atoms with E-state index in [-0.39, 0.29) is 0 Å². The van der Waals surface area contributed by atoms with Gasteiger partial charge in [0.1, 0.15) is 18.0 Å². The van der Waals surface area contributed by atoms with E-state index in [1.807, 2.05) is 25.1 Å². The quantitative estimate of drug-likeness (QED) is 0.640. The van der Waals surface area contributed by atoms with Crippen molar-refractivity contribution in [3.05, 3.63) is 30.3 Å². The van der Waals surface area contributed by atoms with Crippen molar-refractivity contribution >= 4 is 17.5 Å². The van der Waals surface area contributed by atoms with Crippen LogP contribution in [0.4, 0.5) is 5.69 Å². The molecular formula is C11H11NO. The van der Waals surface area contributed by atoms with Crippen LogP contribution in [0.25, 0.3) is 6.08 Å². The molecule has 1 aliphatic heterocycles. The third-order valence-corrected chi connectivity index (χ3v) is 1.97. The van der Waals surface area contributed by atoms with E-state index in [1.165, 1.54) is 0 Å². The summed E-state index contributed by atoms with van der Waals surface area (Å²) in [6, 6.07) is 5.89. The molecule has 0 aliphatic carbocycles. The molecule has 1 aromatic rings. The lowest BCUT2D eigenvalue weighted by Gasteiger charge is -2.14. The highest BCUT2D eigenvalue weighted by Crippen LogP contribution is 2.31. The molecular weight excluding hydrogens is 162 g/mol. The van der Waals surface area contributed by atoms with Gasteiger partial charge < -0.3 is 4.74 Å². The van der Waals surface area contributed by atoms with Gasteiger partial charge in [-0.05, 0) is 24.6 Å². The van der Waals surface area contributed by atoms with Crippen LogP contribution >= 0.6 is 0 Å². The third kappa shape index (κ3) is 1.47. The van der Waals surface area contributed by atoms with Gasteiger partial charge in [-0.15, -0.1) is 0 Å². The molecule has 0 N–H and O–H groups in total. The minimum Gasteiger partial charge on any atom is -0.485 e. The molecule has 0 bridgehead atoms. The topological polar surface area (TPSA) is 21.6 Å². The van der Waals surface area contributed by atoms with Crippen LogP contribution in [0.1, 0.15) is 12.5 Å². The maximum Gasteiger partial charge on any atom is 0.146 e. The van der Waals surface area contributed by atoms with Crippen molar-refractivity contribution in [3.63, 3.8) is 0 Å². The van der Waals surface area contributed by atoms with Gasteiger partial charge in [-0.2, -0.15) is 0 Å². The number of benzene rings is 1. The summed E-state index contributed by atoms with van der Waals surface area (Å²) >= 11 is 0. The Balaban J connectivity index is 2.49. The van der Waals surface area contributed by atoms with Crippen LogP contribution in [-0.2, 0) is 0 Å².